The topological polar surface area (TPSA) is 44.8 Å². The summed E-state index contributed by atoms with van der Waals surface area (Å²) >= 11 is 0. The molecule has 0 atom stereocenters. The first kappa shape index (κ1) is 21.5. The molecule has 0 N–H and O–H groups in total. The molecule has 5 heteroatoms. The Kier molecular flexibility index (Phi) is 8.87. The van der Waals surface area contributed by atoms with Gasteiger partial charge in [-0.05, 0) is 39.2 Å². The van der Waals surface area contributed by atoms with Crippen LogP contribution in [0.15, 0.2) is 54.6 Å². The van der Waals surface area contributed by atoms with Crippen LogP contribution in [-0.4, -0.2) is 34.4 Å². The summed E-state index contributed by atoms with van der Waals surface area (Å²) in [4.78, 5) is 12.9. The van der Waals surface area contributed by atoms with Gasteiger partial charge in [-0.15, -0.1) is 0 Å². The van der Waals surface area contributed by atoms with Crippen molar-refractivity contribution in [2.45, 2.75) is 39.7 Å². The highest BCUT2D eigenvalue weighted by Crippen LogP contribution is 2.22. The van der Waals surface area contributed by atoms with Gasteiger partial charge in [0, 0.05) is 37.0 Å². The molecule has 0 aliphatic rings. The van der Waals surface area contributed by atoms with Crippen molar-refractivity contribution in [2.24, 2.45) is 0 Å². The van der Waals surface area contributed by atoms with Gasteiger partial charge in [0.05, 0.1) is 0 Å². The highest BCUT2D eigenvalue weighted by atomic mass is 28.4. The molecule has 4 nitrogen and oxygen atoms in total. The van der Waals surface area contributed by atoms with Crippen molar-refractivity contribution in [3.05, 3.63) is 71.3 Å². The number of hydrogen-bond donors (Lipinski definition) is 0. The molecule has 0 aliphatic heterocycles. The number of carbonyl (C=O) groups excluding carboxylic acids is 1. The number of hydrogen-bond acceptors (Lipinski definition) is 4. The summed E-state index contributed by atoms with van der Waals surface area (Å²) in [5.41, 5.74) is 2.53. The number of carbonyl (C=O) groups is 1. The summed E-state index contributed by atoms with van der Waals surface area (Å²) in [7, 11) is -2.64. The van der Waals surface area contributed by atoms with Crippen LogP contribution in [-0.2, 0) is 19.7 Å². The molecule has 0 saturated heterocycles. The molecule has 0 heterocycles. The maximum absolute atomic E-state index is 12.9. The highest BCUT2D eigenvalue weighted by molar-refractivity contribution is 6.60. The van der Waals surface area contributed by atoms with E-state index in [4.69, 9.17) is 13.3 Å². The Balaban J connectivity index is 2.10. The number of benzene rings is 2. The average molecular weight is 387 g/mol. The maximum atomic E-state index is 12.9. The Morgan fingerprint density at radius 1 is 0.815 bits per heavy atom. The van der Waals surface area contributed by atoms with Gasteiger partial charge in [-0.3, -0.25) is 4.79 Å². The van der Waals surface area contributed by atoms with Gasteiger partial charge >= 0.3 is 8.80 Å². The van der Waals surface area contributed by atoms with Gasteiger partial charge in [-0.1, -0.05) is 54.6 Å². The normalized spacial score (nSPS) is 11.5. The van der Waals surface area contributed by atoms with Crippen molar-refractivity contribution in [1.29, 1.82) is 0 Å². The SMILES string of the molecule is CCO[Si](CCCc1ccccc1C(=O)c1ccccc1)(OCC)OCC. The van der Waals surface area contributed by atoms with Gasteiger partial charge in [0.25, 0.3) is 0 Å². The van der Waals surface area contributed by atoms with Gasteiger partial charge < -0.3 is 13.3 Å². The van der Waals surface area contributed by atoms with Crippen molar-refractivity contribution in [3.8, 4) is 0 Å². The van der Waals surface area contributed by atoms with Crippen LogP contribution in [0.25, 0.3) is 0 Å². The Hall–Kier alpha value is -1.79. The molecule has 2 aromatic rings. The minimum Gasteiger partial charge on any atom is -0.374 e. The zero-order valence-corrected chi connectivity index (χ0v) is 17.6. The van der Waals surface area contributed by atoms with E-state index >= 15 is 0 Å². The summed E-state index contributed by atoms with van der Waals surface area (Å²) in [6.45, 7) is 7.63. The lowest BCUT2D eigenvalue weighted by molar-refractivity contribution is 0.0708. The molecule has 0 spiro atoms. The van der Waals surface area contributed by atoms with Gasteiger partial charge in [0.1, 0.15) is 0 Å². The molecular weight excluding hydrogens is 356 g/mol. The first-order valence-electron chi connectivity index (χ1n) is 9.75. The minimum atomic E-state index is -2.64. The molecule has 146 valence electrons. The molecule has 0 amide bonds. The third-order valence-electron chi connectivity index (χ3n) is 4.32. The third-order valence-corrected chi connectivity index (χ3v) is 7.47. The van der Waals surface area contributed by atoms with Crippen molar-refractivity contribution in [2.75, 3.05) is 19.8 Å². The lowest BCUT2D eigenvalue weighted by Crippen LogP contribution is -2.46. The summed E-state index contributed by atoms with van der Waals surface area (Å²) < 4.78 is 17.8. The van der Waals surface area contributed by atoms with Gasteiger partial charge in [-0.25, -0.2) is 0 Å². The standard InChI is InChI=1S/C22H30O4Si/c1-4-24-27(25-5-2,26-6-3)18-12-16-19-13-10-11-17-21(19)22(23)20-14-8-7-9-15-20/h7-11,13-15,17H,4-6,12,16,18H2,1-3H3. The van der Waals surface area contributed by atoms with E-state index in [-0.39, 0.29) is 5.78 Å². The first-order valence-corrected chi connectivity index (χ1v) is 11.7. The Labute approximate surface area is 163 Å². The summed E-state index contributed by atoms with van der Waals surface area (Å²) in [6.07, 6.45) is 1.64. The van der Waals surface area contributed by atoms with E-state index < -0.39 is 8.80 Å². The Morgan fingerprint density at radius 3 is 1.96 bits per heavy atom. The van der Waals surface area contributed by atoms with Crippen LogP contribution < -0.4 is 0 Å². The molecule has 0 radical (unpaired) electrons. The second-order valence-electron chi connectivity index (χ2n) is 6.19. The first-order chi connectivity index (χ1) is 13.2. The second-order valence-corrected chi connectivity index (χ2v) is 8.92. The fraction of sp³-hybridized carbons (Fsp3) is 0.409. The number of aryl methyl sites for hydroxylation is 1. The van der Waals surface area contributed by atoms with Crippen LogP contribution in [0.4, 0.5) is 0 Å². The monoisotopic (exact) mass is 386 g/mol. The number of rotatable bonds is 12. The quantitative estimate of drug-likeness (QED) is 0.384. The lowest BCUT2D eigenvalue weighted by Gasteiger charge is -2.28. The number of ketones is 1. The predicted octanol–water partition coefficient (Wildman–Crippen LogP) is 4.90. The third kappa shape index (κ3) is 6.11. The zero-order chi connectivity index (χ0) is 19.5. The molecule has 0 unspecified atom stereocenters. The summed E-state index contributed by atoms with van der Waals surface area (Å²) in [6, 6.07) is 18.0. The predicted molar refractivity (Wildman–Crippen MR) is 110 cm³/mol. The van der Waals surface area contributed by atoms with E-state index in [1.807, 2.05) is 75.4 Å². The molecule has 0 fully saturated rings. The lowest BCUT2D eigenvalue weighted by atomic mass is 9.96. The van der Waals surface area contributed by atoms with E-state index in [2.05, 4.69) is 0 Å². The maximum Gasteiger partial charge on any atom is 0.500 e. The van der Waals surface area contributed by atoms with Gasteiger partial charge in [-0.2, -0.15) is 0 Å². The van der Waals surface area contributed by atoms with E-state index in [1.54, 1.807) is 0 Å². The Morgan fingerprint density at radius 2 is 1.37 bits per heavy atom. The van der Waals surface area contributed by atoms with Crippen molar-refractivity contribution in [3.63, 3.8) is 0 Å². The van der Waals surface area contributed by atoms with Crippen LogP contribution >= 0.6 is 0 Å². The van der Waals surface area contributed by atoms with E-state index in [1.165, 1.54) is 0 Å². The van der Waals surface area contributed by atoms with Crippen LogP contribution in [0.2, 0.25) is 6.04 Å². The molecule has 0 bridgehead atoms. The fourth-order valence-corrected chi connectivity index (χ4v) is 5.81. The van der Waals surface area contributed by atoms with E-state index in [0.717, 1.165) is 30.0 Å². The molecule has 2 aromatic carbocycles. The van der Waals surface area contributed by atoms with Gasteiger partial charge in [0.15, 0.2) is 5.78 Å². The molecule has 0 saturated carbocycles. The summed E-state index contributed by atoms with van der Waals surface area (Å²) in [5, 5.41) is 0. The van der Waals surface area contributed by atoms with E-state index in [9.17, 15) is 4.79 Å². The molecule has 0 aliphatic carbocycles. The van der Waals surface area contributed by atoms with Crippen molar-refractivity contribution >= 4 is 14.6 Å². The fourth-order valence-electron chi connectivity index (χ4n) is 3.20. The molecule has 2 rings (SSSR count). The van der Waals surface area contributed by atoms with E-state index in [0.29, 0.717) is 25.4 Å². The largest absolute Gasteiger partial charge is 0.500 e. The minimum absolute atomic E-state index is 0.0640. The summed E-state index contributed by atoms with van der Waals surface area (Å²) in [5.74, 6) is 0.0640. The van der Waals surface area contributed by atoms with Crippen molar-refractivity contribution < 1.29 is 18.1 Å². The van der Waals surface area contributed by atoms with Crippen LogP contribution in [0, 0.1) is 0 Å². The Bertz CT molecular complexity index is 685. The second kappa shape index (κ2) is 11.1. The zero-order valence-electron chi connectivity index (χ0n) is 16.6. The van der Waals surface area contributed by atoms with Gasteiger partial charge in [0.2, 0.25) is 0 Å². The van der Waals surface area contributed by atoms with Crippen LogP contribution in [0.1, 0.15) is 48.7 Å². The highest BCUT2D eigenvalue weighted by Gasteiger charge is 2.39. The molecular formula is C22H30O4Si. The molecule has 0 aromatic heterocycles. The van der Waals surface area contributed by atoms with Crippen LogP contribution in [0.5, 0.6) is 0 Å². The van der Waals surface area contributed by atoms with Crippen LogP contribution in [0.3, 0.4) is 0 Å². The smallest absolute Gasteiger partial charge is 0.374 e. The van der Waals surface area contributed by atoms with Crippen molar-refractivity contribution in [1.82, 2.24) is 0 Å². The molecule has 27 heavy (non-hydrogen) atoms. The average Bonchev–Trinajstić information content (AvgIpc) is 2.69.